The summed E-state index contributed by atoms with van der Waals surface area (Å²) in [5.74, 6) is 1.86. The molecule has 26 heavy (non-hydrogen) atoms. The Morgan fingerprint density at radius 3 is 2.65 bits per heavy atom. The second-order valence-corrected chi connectivity index (χ2v) is 7.61. The lowest BCUT2D eigenvalue weighted by atomic mass is 10.2. The number of piperazine rings is 1. The van der Waals surface area contributed by atoms with Gasteiger partial charge in [-0.05, 0) is 26.0 Å². The van der Waals surface area contributed by atoms with Crippen molar-refractivity contribution in [1.29, 1.82) is 0 Å². The first-order valence-electron chi connectivity index (χ1n) is 8.88. The zero-order valence-corrected chi connectivity index (χ0v) is 16.8. The fourth-order valence-corrected chi connectivity index (χ4v) is 4.09. The van der Waals surface area contributed by atoms with E-state index in [1.54, 1.807) is 18.4 Å². The molecule has 0 amide bonds. The maximum atomic E-state index is 5.34. The molecule has 140 valence electrons. The smallest absolute Gasteiger partial charge is 0.194 e. The molecular weight excluding hydrogens is 346 g/mol. The number of nitrogens with one attached hydrogen (secondary N) is 1. The van der Waals surface area contributed by atoms with Crippen molar-refractivity contribution in [2.24, 2.45) is 4.99 Å². The summed E-state index contributed by atoms with van der Waals surface area (Å²) >= 11 is 1.75. The quantitative estimate of drug-likeness (QED) is 0.660. The van der Waals surface area contributed by atoms with Crippen molar-refractivity contribution in [1.82, 2.24) is 15.2 Å². The number of aryl methyl sites for hydroxylation is 2. The largest absolute Gasteiger partial charge is 0.497 e. The standard InChI is InChI=1S/C19H27N5OS/c1-14-18(26-15(2)22-14)13-21-19(20-3)24-10-8-23(9-11-24)16-6-5-7-17(12-16)25-4/h5-7,12H,8-11,13H2,1-4H3,(H,20,21). The number of anilines is 1. The number of methoxy groups -OCH3 is 1. The molecule has 1 N–H and O–H groups in total. The average molecular weight is 374 g/mol. The minimum absolute atomic E-state index is 0.778. The van der Waals surface area contributed by atoms with Crippen molar-refractivity contribution in [2.45, 2.75) is 20.4 Å². The summed E-state index contributed by atoms with van der Waals surface area (Å²) in [4.78, 5) is 14.9. The fraction of sp³-hybridized carbons (Fsp3) is 0.474. The lowest BCUT2D eigenvalue weighted by Gasteiger charge is -2.37. The number of hydrogen-bond donors (Lipinski definition) is 1. The topological polar surface area (TPSA) is 53.0 Å². The molecule has 1 aliphatic heterocycles. The minimum Gasteiger partial charge on any atom is -0.497 e. The van der Waals surface area contributed by atoms with E-state index in [1.165, 1.54) is 10.6 Å². The van der Waals surface area contributed by atoms with E-state index in [4.69, 9.17) is 4.74 Å². The van der Waals surface area contributed by atoms with Crippen LogP contribution >= 0.6 is 11.3 Å². The van der Waals surface area contributed by atoms with Crippen molar-refractivity contribution in [3.8, 4) is 5.75 Å². The third-order valence-electron chi connectivity index (χ3n) is 4.62. The van der Waals surface area contributed by atoms with Gasteiger partial charge < -0.3 is 19.9 Å². The van der Waals surface area contributed by atoms with Crippen LogP contribution in [0.4, 0.5) is 5.69 Å². The van der Waals surface area contributed by atoms with Crippen molar-refractivity contribution in [3.63, 3.8) is 0 Å². The third kappa shape index (κ3) is 4.27. The van der Waals surface area contributed by atoms with Crippen molar-refractivity contribution in [2.75, 3.05) is 45.2 Å². The first-order chi connectivity index (χ1) is 12.6. The summed E-state index contributed by atoms with van der Waals surface area (Å²) in [6.07, 6.45) is 0. The molecule has 0 radical (unpaired) electrons. The molecule has 3 rings (SSSR count). The molecule has 0 atom stereocenters. The van der Waals surface area contributed by atoms with Gasteiger partial charge in [0.1, 0.15) is 5.75 Å². The zero-order valence-electron chi connectivity index (χ0n) is 16.0. The van der Waals surface area contributed by atoms with Crippen LogP contribution in [-0.4, -0.2) is 56.2 Å². The highest BCUT2D eigenvalue weighted by Crippen LogP contribution is 2.22. The molecule has 1 aliphatic rings. The Morgan fingerprint density at radius 1 is 1.27 bits per heavy atom. The highest BCUT2D eigenvalue weighted by Gasteiger charge is 2.20. The third-order valence-corrected chi connectivity index (χ3v) is 5.69. The number of thiazole rings is 1. The number of hydrogen-bond acceptors (Lipinski definition) is 5. The van der Waals surface area contributed by atoms with Gasteiger partial charge in [-0.25, -0.2) is 4.98 Å². The molecule has 2 aromatic rings. The summed E-state index contributed by atoms with van der Waals surface area (Å²) < 4.78 is 5.34. The SMILES string of the molecule is CN=C(NCc1sc(C)nc1C)N1CCN(c2cccc(OC)c2)CC1. The number of guanidine groups is 1. The fourth-order valence-electron chi connectivity index (χ4n) is 3.21. The van der Waals surface area contributed by atoms with Gasteiger partial charge in [-0.2, -0.15) is 0 Å². The van der Waals surface area contributed by atoms with Crippen LogP contribution in [0.15, 0.2) is 29.3 Å². The Balaban J connectivity index is 1.56. The van der Waals surface area contributed by atoms with E-state index in [0.29, 0.717) is 0 Å². The maximum Gasteiger partial charge on any atom is 0.194 e. The van der Waals surface area contributed by atoms with E-state index >= 15 is 0 Å². The molecule has 1 aromatic heterocycles. The lowest BCUT2D eigenvalue weighted by molar-refractivity contribution is 0.372. The van der Waals surface area contributed by atoms with Crippen LogP contribution in [0, 0.1) is 13.8 Å². The maximum absolute atomic E-state index is 5.34. The van der Waals surface area contributed by atoms with Crippen molar-refractivity contribution < 1.29 is 4.74 Å². The van der Waals surface area contributed by atoms with Gasteiger partial charge in [-0.3, -0.25) is 4.99 Å². The number of rotatable bonds is 4. The van der Waals surface area contributed by atoms with Gasteiger partial charge in [0.15, 0.2) is 5.96 Å². The minimum atomic E-state index is 0.778. The van der Waals surface area contributed by atoms with Gasteiger partial charge in [0.05, 0.1) is 24.4 Å². The van der Waals surface area contributed by atoms with Gasteiger partial charge in [0.2, 0.25) is 0 Å². The van der Waals surface area contributed by atoms with E-state index in [1.807, 2.05) is 26.1 Å². The van der Waals surface area contributed by atoms with Crippen LogP contribution in [0.5, 0.6) is 5.75 Å². The normalized spacial score (nSPS) is 15.3. The molecule has 1 fully saturated rings. The molecular formula is C19H27N5OS. The predicted octanol–water partition coefficient (Wildman–Crippen LogP) is 2.67. The molecule has 0 spiro atoms. The summed E-state index contributed by atoms with van der Waals surface area (Å²) in [7, 11) is 3.56. The second-order valence-electron chi connectivity index (χ2n) is 6.32. The Morgan fingerprint density at radius 2 is 2.04 bits per heavy atom. The number of aromatic nitrogens is 1. The Kier molecular flexibility index (Phi) is 5.98. The Labute approximate surface area is 159 Å². The zero-order chi connectivity index (χ0) is 18.5. The van der Waals surface area contributed by atoms with Crippen molar-refractivity contribution in [3.05, 3.63) is 39.8 Å². The van der Waals surface area contributed by atoms with Crippen molar-refractivity contribution >= 4 is 23.0 Å². The van der Waals surface area contributed by atoms with E-state index in [2.05, 4.69) is 44.1 Å². The molecule has 1 aromatic carbocycles. The van der Waals surface area contributed by atoms with Gasteiger partial charge in [-0.15, -0.1) is 11.3 Å². The number of aliphatic imine (C=N–C) groups is 1. The summed E-state index contributed by atoms with van der Waals surface area (Å²) in [5.41, 5.74) is 2.32. The molecule has 0 bridgehead atoms. The Hall–Kier alpha value is -2.28. The summed E-state index contributed by atoms with van der Waals surface area (Å²) in [5, 5.41) is 4.60. The molecule has 1 saturated heterocycles. The molecule has 7 heteroatoms. The Bertz CT molecular complexity index is 765. The average Bonchev–Trinajstić information content (AvgIpc) is 3.00. The summed E-state index contributed by atoms with van der Waals surface area (Å²) in [6, 6.07) is 8.26. The van der Waals surface area contributed by atoms with E-state index in [-0.39, 0.29) is 0 Å². The number of nitrogens with zero attached hydrogens (tertiary/aromatic N) is 4. The van der Waals surface area contributed by atoms with E-state index in [9.17, 15) is 0 Å². The van der Waals surface area contributed by atoms with Gasteiger partial charge >= 0.3 is 0 Å². The van der Waals surface area contributed by atoms with E-state index < -0.39 is 0 Å². The van der Waals surface area contributed by atoms with E-state index in [0.717, 1.165) is 55.1 Å². The molecule has 0 aliphatic carbocycles. The van der Waals surface area contributed by atoms with Crippen LogP contribution < -0.4 is 15.0 Å². The first kappa shape index (κ1) is 18.5. The highest BCUT2D eigenvalue weighted by atomic mass is 32.1. The van der Waals surface area contributed by atoms with Crippen LogP contribution in [0.25, 0.3) is 0 Å². The first-order valence-corrected chi connectivity index (χ1v) is 9.70. The molecule has 6 nitrogen and oxygen atoms in total. The van der Waals surface area contributed by atoms with Gasteiger partial charge in [-0.1, -0.05) is 6.07 Å². The van der Waals surface area contributed by atoms with Crippen LogP contribution in [0.3, 0.4) is 0 Å². The van der Waals surface area contributed by atoms with Crippen LogP contribution in [-0.2, 0) is 6.54 Å². The highest BCUT2D eigenvalue weighted by molar-refractivity contribution is 7.11. The van der Waals surface area contributed by atoms with Crippen LogP contribution in [0.2, 0.25) is 0 Å². The predicted molar refractivity (Wildman–Crippen MR) is 109 cm³/mol. The van der Waals surface area contributed by atoms with Gasteiger partial charge in [0, 0.05) is 49.9 Å². The second kappa shape index (κ2) is 8.40. The molecule has 2 heterocycles. The summed E-state index contributed by atoms with van der Waals surface area (Å²) in [6.45, 7) is 8.71. The number of benzene rings is 1. The monoisotopic (exact) mass is 373 g/mol. The lowest BCUT2D eigenvalue weighted by Crippen LogP contribution is -2.52. The molecule has 0 unspecified atom stereocenters. The molecule has 0 saturated carbocycles. The van der Waals surface area contributed by atoms with Gasteiger partial charge in [0.25, 0.3) is 0 Å². The number of ether oxygens (including phenoxy) is 1. The van der Waals surface area contributed by atoms with Crippen LogP contribution in [0.1, 0.15) is 15.6 Å².